The number of hydrogen-bond donors (Lipinski definition) is 1. The summed E-state index contributed by atoms with van der Waals surface area (Å²) in [5, 5.41) is 0. The molecule has 0 atom stereocenters. The lowest BCUT2D eigenvalue weighted by Gasteiger charge is -2.42. The number of hydrogen-bond acceptors (Lipinski definition) is 3. The van der Waals surface area contributed by atoms with E-state index < -0.39 is 0 Å². The van der Waals surface area contributed by atoms with E-state index in [9.17, 15) is 0 Å². The van der Waals surface area contributed by atoms with Crippen molar-refractivity contribution < 1.29 is 0 Å². The van der Waals surface area contributed by atoms with Crippen LogP contribution in [0.1, 0.15) is 27.2 Å². The minimum atomic E-state index is 0.333. The summed E-state index contributed by atoms with van der Waals surface area (Å²) in [6.07, 6.45) is 1.13. The van der Waals surface area contributed by atoms with Gasteiger partial charge < -0.3 is 10.6 Å². The van der Waals surface area contributed by atoms with Crippen LogP contribution in [0.3, 0.4) is 0 Å². The zero-order valence-corrected chi connectivity index (χ0v) is 9.92. The number of nitrogens with zero attached hydrogens (tertiary/aromatic N) is 2. The topological polar surface area (TPSA) is 32.5 Å². The number of nitrogens with two attached hydrogens (primary N) is 1. The molecule has 3 nitrogen and oxygen atoms in total. The third kappa shape index (κ3) is 3.56. The van der Waals surface area contributed by atoms with Gasteiger partial charge in [0.1, 0.15) is 0 Å². The Hall–Kier alpha value is -0.120. The first-order valence-corrected chi connectivity index (χ1v) is 5.71. The van der Waals surface area contributed by atoms with Crippen LogP contribution in [0.4, 0.5) is 0 Å². The van der Waals surface area contributed by atoms with E-state index in [1.807, 2.05) is 0 Å². The van der Waals surface area contributed by atoms with Gasteiger partial charge in [0.15, 0.2) is 0 Å². The van der Waals surface area contributed by atoms with Crippen molar-refractivity contribution in [3.05, 3.63) is 0 Å². The van der Waals surface area contributed by atoms with Crippen molar-refractivity contribution in [2.75, 3.05) is 39.3 Å². The molecule has 0 radical (unpaired) electrons. The summed E-state index contributed by atoms with van der Waals surface area (Å²) in [4.78, 5) is 5.08. The average molecular weight is 199 g/mol. The Labute approximate surface area is 88.2 Å². The van der Waals surface area contributed by atoms with Crippen LogP contribution in [0, 0.1) is 0 Å². The molecular weight excluding hydrogens is 174 g/mol. The molecule has 0 aliphatic carbocycles. The maximum atomic E-state index is 5.51. The van der Waals surface area contributed by atoms with Gasteiger partial charge in [-0.2, -0.15) is 0 Å². The molecule has 0 unspecified atom stereocenters. The van der Waals surface area contributed by atoms with Gasteiger partial charge in [0.05, 0.1) is 0 Å². The molecule has 84 valence electrons. The molecule has 0 spiro atoms. The Kier molecular flexibility index (Phi) is 4.35. The highest BCUT2D eigenvalue weighted by molar-refractivity contribution is 4.81. The maximum absolute atomic E-state index is 5.51. The second-order valence-electron chi connectivity index (χ2n) is 5.14. The second kappa shape index (κ2) is 5.10. The van der Waals surface area contributed by atoms with Gasteiger partial charge in [-0.25, -0.2) is 0 Å². The zero-order valence-electron chi connectivity index (χ0n) is 9.92. The van der Waals surface area contributed by atoms with Crippen molar-refractivity contribution in [3.8, 4) is 0 Å². The van der Waals surface area contributed by atoms with Gasteiger partial charge in [0.2, 0.25) is 0 Å². The van der Waals surface area contributed by atoms with E-state index in [0.29, 0.717) is 5.54 Å². The SMILES string of the molecule is CC(C)(C)N1CCN(CCCN)CC1. The van der Waals surface area contributed by atoms with Crippen LogP contribution >= 0.6 is 0 Å². The Morgan fingerprint density at radius 3 is 2.07 bits per heavy atom. The van der Waals surface area contributed by atoms with E-state index in [2.05, 4.69) is 30.6 Å². The molecule has 1 fully saturated rings. The fourth-order valence-electron chi connectivity index (χ4n) is 1.96. The fraction of sp³-hybridized carbons (Fsp3) is 1.00. The lowest BCUT2D eigenvalue weighted by molar-refractivity contribution is 0.0622. The largest absolute Gasteiger partial charge is 0.330 e. The highest BCUT2D eigenvalue weighted by Crippen LogP contribution is 2.15. The first-order valence-electron chi connectivity index (χ1n) is 5.71. The Balaban J connectivity index is 2.24. The first kappa shape index (κ1) is 12.0. The van der Waals surface area contributed by atoms with E-state index in [4.69, 9.17) is 5.73 Å². The normalized spacial score (nSPS) is 21.4. The lowest BCUT2D eigenvalue weighted by Crippen LogP contribution is -2.53. The highest BCUT2D eigenvalue weighted by atomic mass is 15.3. The molecule has 14 heavy (non-hydrogen) atoms. The zero-order chi connectivity index (χ0) is 10.6. The van der Waals surface area contributed by atoms with Gasteiger partial charge in [-0.3, -0.25) is 4.90 Å². The molecular formula is C11H25N3. The fourth-order valence-corrected chi connectivity index (χ4v) is 1.96. The van der Waals surface area contributed by atoms with Crippen molar-refractivity contribution in [1.82, 2.24) is 9.80 Å². The smallest absolute Gasteiger partial charge is 0.0126 e. The van der Waals surface area contributed by atoms with Crippen molar-refractivity contribution >= 4 is 0 Å². The van der Waals surface area contributed by atoms with Crippen LogP contribution in [0.15, 0.2) is 0 Å². The molecule has 1 rings (SSSR count). The molecule has 1 heterocycles. The first-order chi connectivity index (χ1) is 6.54. The second-order valence-corrected chi connectivity index (χ2v) is 5.14. The minimum absolute atomic E-state index is 0.333. The molecule has 0 aromatic carbocycles. The van der Waals surface area contributed by atoms with Crippen LogP contribution in [-0.2, 0) is 0 Å². The summed E-state index contributed by atoms with van der Waals surface area (Å²) in [6, 6.07) is 0. The predicted octanol–water partition coefficient (Wildman–Crippen LogP) is 0.751. The highest BCUT2D eigenvalue weighted by Gasteiger charge is 2.25. The van der Waals surface area contributed by atoms with E-state index in [1.54, 1.807) is 0 Å². The van der Waals surface area contributed by atoms with Crippen molar-refractivity contribution in [2.24, 2.45) is 5.73 Å². The van der Waals surface area contributed by atoms with Gasteiger partial charge in [0.25, 0.3) is 0 Å². The third-order valence-electron chi connectivity index (χ3n) is 3.00. The maximum Gasteiger partial charge on any atom is 0.0126 e. The van der Waals surface area contributed by atoms with E-state index >= 15 is 0 Å². The molecule has 1 aliphatic heterocycles. The van der Waals surface area contributed by atoms with Gasteiger partial charge in [-0.05, 0) is 40.3 Å². The Bertz CT molecular complexity index is 154. The van der Waals surface area contributed by atoms with Crippen molar-refractivity contribution in [3.63, 3.8) is 0 Å². The van der Waals surface area contributed by atoms with Gasteiger partial charge in [0, 0.05) is 31.7 Å². The van der Waals surface area contributed by atoms with Crippen LogP contribution in [0.25, 0.3) is 0 Å². The summed E-state index contributed by atoms with van der Waals surface area (Å²) < 4.78 is 0. The lowest BCUT2D eigenvalue weighted by atomic mass is 10.0. The predicted molar refractivity (Wildman–Crippen MR) is 61.4 cm³/mol. The molecule has 3 heteroatoms. The summed E-state index contributed by atoms with van der Waals surface area (Å²) in [6.45, 7) is 13.7. The molecule has 1 aliphatic rings. The monoisotopic (exact) mass is 199 g/mol. The molecule has 0 aromatic heterocycles. The Morgan fingerprint density at radius 1 is 1.07 bits per heavy atom. The van der Waals surface area contributed by atoms with Gasteiger partial charge in [-0.1, -0.05) is 0 Å². The molecule has 0 aromatic rings. The van der Waals surface area contributed by atoms with E-state index in [0.717, 1.165) is 13.0 Å². The van der Waals surface area contributed by atoms with Gasteiger partial charge >= 0.3 is 0 Å². The van der Waals surface area contributed by atoms with Crippen molar-refractivity contribution in [2.45, 2.75) is 32.7 Å². The quantitative estimate of drug-likeness (QED) is 0.728. The van der Waals surface area contributed by atoms with Crippen LogP contribution in [-0.4, -0.2) is 54.6 Å². The van der Waals surface area contributed by atoms with Crippen molar-refractivity contribution in [1.29, 1.82) is 0 Å². The number of piperazine rings is 1. The molecule has 0 saturated carbocycles. The van der Waals surface area contributed by atoms with Crippen LogP contribution in [0.5, 0.6) is 0 Å². The standard InChI is InChI=1S/C11H25N3/c1-11(2,3)14-9-7-13(8-10-14)6-4-5-12/h4-10,12H2,1-3H3. The molecule has 0 amide bonds. The molecule has 0 bridgehead atoms. The van der Waals surface area contributed by atoms with Crippen LogP contribution in [0.2, 0.25) is 0 Å². The van der Waals surface area contributed by atoms with Crippen LogP contribution < -0.4 is 5.73 Å². The Morgan fingerprint density at radius 2 is 1.64 bits per heavy atom. The summed E-state index contributed by atoms with van der Waals surface area (Å²) in [7, 11) is 0. The summed E-state index contributed by atoms with van der Waals surface area (Å²) in [5.41, 5.74) is 5.84. The van der Waals surface area contributed by atoms with Gasteiger partial charge in [-0.15, -0.1) is 0 Å². The third-order valence-corrected chi connectivity index (χ3v) is 3.00. The van der Waals surface area contributed by atoms with E-state index in [-0.39, 0.29) is 0 Å². The molecule has 1 saturated heterocycles. The molecule has 2 N–H and O–H groups in total. The summed E-state index contributed by atoms with van der Waals surface area (Å²) in [5.74, 6) is 0. The minimum Gasteiger partial charge on any atom is -0.330 e. The number of rotatable bonds is 3. The summed E-state index contributed by atoms with van der Waals surface area (Å²) >= 11 is 0. The van der Waals surface area contributed by atoms with E-state index in [1.165, 1.54) is 32.7 Å². The average Bonchev–Trinajstić information content (AvgIpc) is 2.14.